The zero-order chi connectivity index (χ0) is 23.8. The maximum absolute atomic E-state index is 14.4. The Hall–Kier alpha value is -4.39. The van der Waals surface area contributed by atoms with Gasteiger partial charge in [-0.1, -0.05) is 12.1 Å². The molecule has 1 N–H and O–H groups in total. The molecule has 6 rings (SSSR count). The summed E-state index contributed by atoms with van der Waals surface area (Å²) in [4.78, 5) is 17.9. The molecule has 10 heteroatoms. The minimum atomic E-state index is -0.532. The molecule has 2 aliphatic rings. The monoisotopic (exact) mass is 471 g/mol. The lowest BCUT2D eigenvalue weighted by Crippen LogP contribution is -2.48. The highest BCUT2D eigenvalue weighted by molar-refractivity contribution is 5.74. The van der Waals surface area contributed by atoms with Crippen LogP contribution in [-0.4, -0.2) is 47.2 Å². The Bertz CT molecular complexity index is 1390. The summed E-state index contributed by atoms with van der Waals surface area (Å²) in [7, 11) is 0. The number of aromatic nitrogens is 3. The van der Waals surface area contributed by atoms with Crippen molar-refractivity contribution in [1.82, 2.24) is 15.0 Å². The number of rotatable bonds is 4. The third-order valence-corrected chi connectivity index (χ3v) is 6.45. The highest BCUT2D eigenvalue weighted by atomic mass is 19.1. The number of ether oxygens (including phenoxy) is 1. The van der Waals surface area contributed by atoms with Gasteiger partial charge in [0.2, 0.25) is 5.75 Å². The van der Waals surface area contributed by atoms with Crippen LogP contribution in [-0.2, 0) is 0 Å². The summed E-state index contributed by atoms with van der Waals surface area (Å²) in [6.45, 7) is 2.83. The molecule has 0 unspecified atom stereocenters. The highest BCUT2D eigenvalue weighted by Gasteiger charge is 2.32. The van der Waals surface area contributed by atoms with Crippen LogP contribution in [0.3, 0.4) is 0 Å². The molecule has 35 heavy (non-hydrogen) atoms. The van der Waals surface area contributed by atoms with E-state index in [0.717, 1.165) is 37.0 Å². The maximum atomic E-state index is 14.4. The quantitative estimate of drug-likeness (QED) is 0.468. The van der Waals surface area contributed by atoms with Gasteiger partial charge in [0.15, 0.2) is 17.2 Å². The van der Waals surface area contributed by atoms with Gasteiger partial charge < -0.3 is 24.3 Å². The minimum Gasteiger partial charge on any atom is -0.485 e. The van der Waals surface area contributed by atoms with Crippen molar-refractivity contribution in [3.8, 4) is 11.8 Å². The molecule has 0 aliphatic carbocycles. The molecule has 0 atom stereocenters. The van der Waals surface area contributed by atoms with Gasteiger partial charge >= 0.3 is 0 Å². The molecule has 1 fully saturated rings. The third kappa shape index (κ3) is 3.95. The number of nitriles is 1. The van der Waals surface area contributed by atoms with Crippen LogP contribution in [0.4, 0.5) is 27.7 Å². The van der Waals surface area contributed by atoms with E-state index in [9.17, 15) is 4.39 Å². The standard InChI is InChI=1S/C25H22FN7O2/c26-18-13-16(14-27)5-6-19(18)30-23-22-24(29-15-28-23)33(11-12-34-22)17-7-9-32(10-8-17)25-31-20-3-1-2-4-21(20)35-25/h1-6,13,15,17H,7-12H2,(H,28,29,30). The molecule has 0 spiro atoms. The number of nitrogens with one attached hydrogen (secondary N) is 1. The van der Waals surface area contributed by atoms with Crippen molar-refractivity contribution in [2.45, 2.75) is 18.9 Å². The molecule has 4 aromatic rings. The summed E-state index contributed by atoms with van der Waals surface area (Å²) in [5.74, 6) is 1.06. The lowest BCUT2D eigenvalue weighted by molar-refractivity contribution is 0.290. The van der Waals surface area contributed by atoms with Gasteiger partial charge in [-0.2, -0.15) is 10.2 Å². The molecule has 2 aliphatic heterocycles. The van der Waals surface area contributed by atoms with E-state index < -0.39 is 5.82 Å². The van der Waals surface area contributed by atoms with Crippen LogP contribution < -0.4 is 19.9 Å². The summed E-state index contributed by atoms with van der Waals surface area (Å²) >= 11 is 0. The average Bonchev–Trinajstić information content (AvgIpc) is 3.34. The van der Waals surface area contributed by atoms with Crippen LogP contribution in [0.15, 0.2) is 53.2 Å². The zero-order valence-electron chi connectivity index (χ0n) is 18.8. The lowest BCUT2D eigenvalue weighted by Gasteiger charge is -2.41. The molecule has 1 saturated heterocycles. The topological polar surface area (TPSA) is 103 Å². The van der Waals surface area contributed by atoms with Crippen LogP contribution in [0, 0.1) is 17.1 Å². The van der Waals surface area contributed by atoms with E-state index in [4.69, 9.17) is 14.4 Å². The summed E-state index contributed by atoms with van der Waals surface area (Å²) in [6.07, 6.45) is 3.28. The van der Waals surface area contributed by atoms with E-state index in [1.165, 1.54) is 18.5 Å². The second-order valence-electron chi connectivity index (χ2n) is 8.53. The van der Waals surface area contributed by atoms with Gasteiger partial charge in [0.1, 0.15) is 24.3 Å². The predicted molar refractivity (Wildman–Crippen MR) is 129 cm³/mol. The Balaban J connectivity index is 1.19. The molecule has 4 heterocycles. The molecular weight excluding hydrogens is 449 g/mol. The SMILES string of the molecule is N#Cc1ccc(Nc2ncnc3c2OCCN3C2CCN(c3nc4ccccc4o3)CC2)c(F)c1. The van der Waals surface area contributed by atoms with Gasteiger partial charge in [-0.05, 0) is 43.2 Å². The van der Waals surface area contributed by atoms with Crippen molar-refractivity contribution in [1.29, 1.82) is 5.26 Å². The molecule has 2 aromatic heterocycles. The fourth-order valence-corrected chi connectivity index (χ4v) is 4.68. The Kier molecular flexibility index (Phi) is 5.29. The Morgan fingerprint density at radius 3 is 2.74 bits per heavy atom. The number of halogens is 1. The molecule has 0 radical (unpaired) electrons. The van der Waals surface area contributed by atoms with Crippen LogP contribution in [0.1, 0.15) is 18.4 Å². The zero-order valence-corrected chi connectivity index (χ0v) is 18.8. The smallest absolute Gasteiger partial charge is 0.298 e. The van der Waals surface area contributed by atoms with Crippen molar-refractivity contribution in [3.63, 3.8) is 0 Å². The molecule has 176 valence electrons. The first-order chi connectivity index (χ1) is 17.2. The summed E-state index contributed by atoms with van der Waals surface area (Å²) < 4.78 is 26.3. The van der Waals surface area contributed by atoms with Crippen LogP contribution in [0.5, 0.6) is 5.75 Å². The first kappa shape index (κ1) is 21.2. The summed E-state index contributed by atoms with van der Waals surface area (Å²) in [5.41, 5.74) is 2.13. The Morgan fingerprint density at radius 2 is 1.94 bits per heavy atom. The molecule has 0 bridgehead atoms. The second kappa shape index (κ2) is 8.76. The predicted octanol–water partition coefficient (Wildman–Crippen LogP) is 4.24. The number of hydrogen-bond donors (Lipinski definition) is 1. The molecule has 0 saturated carbocycles. The van der Waals surface area contributed by atoms with Gasteiger partial charge in [-0.3, -0.25) is 0 Å². The van der Waals surface area contributed by atoms with Crippen molar-refractivity contribution in [3.05, 3.63) is 60.2 Å². The Labute approximate surface area is 200 Å². The fraction of sp³-hybridized carbons (Fsp3) is 0.280. The lowest BCUT2D eigenvalue weighted by atomic mass is 10.0. The number of para-hydroxylation sites is 2. The minimum absolute atomic E-state index is 0.220. The molecular formula is C25H22FN7O2. The van der Waals surface area contributed by atoms with Crippen LogP contribution in [0.25, 0.3) is 11.1 Å². The van der Waals surface area contributed by atoms with E-state index in [-0.39, 0.29) is 17.3 Å². The highest BCUT2D eigenvalue weighted by Crippen LogP contribution is 2.39. The summed E-state index contributed by atoms with van der Waals surface area (Å²) in [6, 6.07) is 14.9. The van der Waals surface area contributed by atoms with Gasteiger partial charge in [0.05, 0.1) is 23.9 Å². The van der Waals surface area contributed by atoms with E-state index in [1.54, 1.807) is 6.07 Å². The summed E-state index contributed by atoms with van der Waals surface area (Å²) in [5, 5.41) is 12.0. The first-order valence-corrected chi connectivity index (χ1v) is 11.5. The van der Waals surface area contributed by atoms with Gasteiger partial charge in [0.25, 0.3) is 6.01 Å². The van der Waals surface area contributed by atoms with E-state index in [0.29, 0.717) is 36.6 Å². The largest absolute Gasteiger partial charge is 0.485 e. The number of hydrogen-bond acceptors (Lipinski definition) is 9. The van der Waals surface area contributed by atoms with Gasteiger partial charge in [-0.15, -0.1) is 0 Å². The number of nitrogens with zero attached hydrogens (tertiary/aromatic N) is 6. The van der Waals surface area contributed by atoms with Gasteiger partial charge in [-0.25, -0.2) is 14.4 Å². The fourth-order valence-electron chi connectivity index (χ4n) is 4.68. The van der Waals surface area contributed by atoms with E-state index in [1.807, 2.05) is 30.3 Å². The maximum Gasteiger partial charge on any atom is 0.298 e. The van der Waals surface area contributed by atoms with Crippen molar-refractivity contribution >= 4 is 34.4 Å². The average molecular weight is 471 g/mol. The first-order valence-electron chi connectivity index (χ1n) is 11.5. The van der Waals surface area contributed by atoms with E-state index >= 15 is 0 Å². The number of anilines is 4. The molecule has 9 nitrogen and oxygen atoms in total. The number of benzene rings is 2. The van der Waals surface area contributed by atoms with Crippen molar-refractivity contribution in [2.75, 3.05) is 41.4 Å². The second-order valence-corrected chi connectivity index (χ2v) is 8.53. The number of fused-ring (bicyclic) bond motifs is 2. The van der Waals surface area contributed by atoms with E-state index in [2.05, 4.69) is 30.1 Å². The number of piperidine rings is 1. The molecule has 2 aromatic carbocycles. The third-order valence-electron chi connectivity index (χ3n) is 6.45. The van der Waals surface area contributed by atoms with Crippen molar-refractivity contribution < 1.29 is 13.5 Å². The molecule has 0 amide bonds. The van der Waals surface area contributed by atoms with Crippen LogP contribution >= 0.6 is 0 Å². The van der Waals surface area contributed by atoms with Crippen molar-refractivity contribution in [2.24, 2.45) is 0 Å². The number of oxazole rings is 1. The normalized spacial score (nSPS) is 16.0. The van der Waals surface area contributed by atoms with Crippen LogP contribution in [0.2, 0.25) is 0 Å². The Morgan fingerprint density at radius 1 is 1.09 bits per heavy atom. The van der Waals surface area contributed by atoms with Gasteiger partial charge in [0, 0.05) is 19.1 Å².